The van der Waals surface area contributed by atoms with Crippen LogP contribution in [0.15, 0.2) is 102 Å². The highest BCUT2D eigenvalue weighted by Gasteiger charge is 2.30. The minimum atomic E-state index is -4.44. The zero-order valence-electron chi connectivity index (χ0n) is 21.5. The summed E-state index contributed by atoms with van der Waals surface area (Å²) < 4.78 is 39.7. The van der Waals surface area contributed by atoms with E-state index in [0.29, 0.717) is 40.2 Å². The van der Waals surface area contributed by atoms with Crippen LogP contribution in [0.5, 0.6) is 0 Å². The van der Waals surface area contributed by atoms with Crippen LogP contribution in [-0.4, -0.2) is 22.7 Å². The molecule has 41 heavy (non-hydrogen) atoms. The highest BCUT2D eigenvalue weighted by molar-refractivity contribution is 8.00. The minimum Gasteiger partial charge on any atom is -0.359 e. The van der Waals surface area contributed by atoms with Crippen molar-refractivity contribution in [3.05, 3.63) is 108 Å². The Hall–Kier alpha value is -4.70. The van der Waals surface area contributed by atoms with E-state index >= 15 is 0 Å². The van der Waals surface area contributed by atoms with E-state index < -0.39 is 17.8 Å². The van der Waals surface area contributed by atoms with Gasteiger partial charge < -0.3 is 20.5 Å². The van der Waals surface area contributed by atoms with Crippen LogP contribution in [0.2, 0.25) is 0 Å². The van der Waals surface area contributed by atoms with Gasteiger partial charge in [-0.25, -0.2) is 4.79 Å². The second kappa shape index (κ2) is 10.7. The van der Waals surface area contributed by atoms with Gasteiger partial charge in [0.2, 0.25) is 5.91 Å². The zero-order chi connectivity index (χ0) is 28.6. The lowest BCUT2D eigenvalue weighted by molar-refractivity contribution is -0.137. The molecule has 2 heterocycles. The number of hydrogen-bond acceptors (Lipinski definition) is 3. The largest absolute Gasteiger partial charge is 0.416 e. The molecule has 3 N–H and O–H groups in total. The van der Waals surface area contributed by atoms with Gasteiger partial charge >= 0.3 is 12.2 Å². The van der Waals surface area contributed by atoms with E-state index in [0.717, 1.165) is 33.8 Å². The Bertz CT molecular complexity index is 1770. The molecule has 0 radical (unpaired) electrons. The Morgan fingerprint density at radius 3 is 2.51 bits per heavy atom. The van der Waals surface area contributed by atoms with Gasteiger partial charge in [-0.3, -0.25) is 4.79 Å². The molecule has 6 nitrogen and oxygen atoms in total. The number of anilines is 3. The molecule has 0 atom stereocenters. The number of hydrogen-bond donors (Lipinski definition) is 3. The van der Waals surface area contributed by atoms with Gasteiger partial charge in [-0.2, -0.15) is 13.2 Å². The lowest BCUT2D eigenvalue weighted by Crippen LogP contribution is -2.34. The van der Waals surface area contributed by atoms with Crippen molar-refractivity contribution in [1.29, 1.82) is 0 Å². The van der Waals surface area contributed by atoms with Crippen LogP contribution < -0.4 is 15.5 Å². The molecule has 0 bridgehead atoms. The fraction of sp³-hybridized carbons (Fsp3) is 0.0968. The fourth-order valence-corrected chi connectivity index (χ4v) is 5.70. The van der Waals surface area contributed by atoms with Gasteiger partial charge in [0, 0.05) is 27.7 Å². The smallest absolute Gasteiger partial charge is 0.359 e. The highest BCUT2D eigenvalue weighted by atomic mass is 32.2. The Kier molecular flexibility index (Phi) is 6.92. The third kappa shape index (κ3) is 5.64. The Morgan fingerprint density at radius 2 is 1.71 bits per heavy atom. The van der Waals surface area contributed by atoms with Gasteiger partial charge in [-0.15, -0.1) is 11.8 Å². The molecule has 1 aliphatic rings. The van der Waals surface area contributed by atoms with Crippen molar-refractivity contribution in [3.63, 3.8) is 0 Å². The number of benzene rings is 4. The molecule has 3 amide bonds. The monoisotopic (exact) mass is 572 g/mol. The highest BCUT2D eigenvalue weighted by Crippen LogP contribution is 2.38. The first kappa shape index (κ1) is 26.5. The number of thioether (sulfide) groups is 1. The summed E-state index contributed by atoms with van der Waals surface area (Å²) in [6.07, 6.45) is -2.82. The van der Waals surface area contributed by atoms with E-state index in [4.69, 9.17) is 0 Å². The number of urea groups is 1. The normalized spacial score (nSPS) is 13.2. The maximum Gasteiger partial charge on any atom is 0.416 e. The maximum absolute atomic E-state index is 13.2. The summed E-state index contributed by atoms with van der Waals surface area (Å²) in [4.78, 5) is 31.5. The lowest BCUT2D eigenvalue weighted by atomic mass is 10.0. The predicted octanol–water partition coefficient (Wildman–Crippen LogP) is 8.14. The molecule has 206 valence electrons. The van der Waals surface area contributed by atoms with Crippen LogP contribution in [0, 0.1) is 0 Å². The summed E-state index contributed by atoms with van der Waals surface area (Å²) in [5, 5.41) is 6.30. The van der Waals surface area contributed by atoms with Crippen LogP contribution in [0.3, 0.4) is 0 Å². The predicted molar refractivity (Wildman–Crippen MR) is 156 cm³/mol. The summed E-state index contributed by atoms with van der Waals surface area (Å²) in [6, 6.07) is 25.0. The fourth-order valence-electron chi connectivity index (χ4n) is 4.78. The third-order valence-electron chi connectivity index (χ3n) is 6.80. The second-order valence-corrected chi connectivity index (χ2v) is 10.6. The number of amides is 3. The van der Waals surface area contributed by atoms with Crippen molar-refractivity contribution < 1.29 is 22.8 Å². The van der Waals surface area contributed by atoms with Gasteiger partial charge in [-0.1, -0.05) is 48.5 Å². The van der Waals surface area contributed by atoms with Gasteiger partial charge in [0.15, 0.2) is 0 Å². The summed E-state index contributed by atoms with van der Waals surface area (Å²) in [7, 11) is 0. The van der Waals surface area contributed by atoms with Gasteiger partial charge in [-0.05, 0) is 59.2 Å². The Balaban J connectivity index is 1.22. The molecule has 1 aromatic heterocycles. The number of nitrogens with zero attached hydrogens (tertiary/aromatic N) is 1. The standard InChI is InChI=1S/C31H23F3N4O2S/c32-31(33,34)22-8-4-7-20(13-22)21-9-11-25-24(14-21)26(16-35-25)37-30(40)36-23-10-12-28-27(15-23)38(29(39)18-41-28)17-19-5-2-1-3-6-19/h1-16,35H,17-18H2,(H2,36,37,40). The first-order valence-corrected chi connectivity index (χ1v) is 13.7. The van der Waals surface area contributed by atoms with Crippen molar-refractivity contribution in [3.8, 4) is 11.1 Å². The van der Waals surface area contributed by atoms with Gasteiger partial charge in [0.05, 0.1) is 29.2 Å². The molecule has 1 aliphatic heterocycles. The van der Waals surface area contributed by atoms with Gasteiger partial charge in [0.1, 0.15) is 0 Å². The van der Waals surface area contributed by atoms with Crippen molar-refractivity contribution in [2.45, 2.75) is 17.6 Å². The molecule has 0 fully saturated rings. The first-order chi connectivity index (χ1) is 19.7. The average molecular weight is 573 g/mol. The number of nitrogens with one attached hydrogen (secondary N) is 3. The summed E-state index contributed by atoms with van der Waals surface area (Å²) in [5.41, 5.74) is 3.71. The molecule has 0 unspecified atom stereocenters. The number of carbonyl (C=O) groups excluding carboxylic acids is 2. The van der Waals surface area contributed by atoms with Crippen LogP contribution in [-0.2, 0) is 17.5 Å². The van der Waals surface area contributed by atoms with E-state index in [1.165, 1.54) is 17.8 Å². The van der Waals surface area contributed by atoms with Crippen LogP contribution in [0.1, 0.15) is 11.1 Å². The number of halogens is 3. The van der Waals surface area contributed by atoms with E-state index in [2.05, 4.69) is 15.6 Å². The first-order valence-electron chi connectivity index (χ1n) is 12.7. The van der Waals surface area contributed by atoms with Crippen LogP contribution >= 0.6 is 11.8 Å². The molecule has 0 aliphatic carbocycles. The number of aromatic nitrogens is 1. The molecular weight excluding hydrogens is 549 g/mol. The zero-order valence-corrected chi connectivity index (χ0v) is 22.3. The topological polar surface area (TPSA) is 77.2 Å². The number of fused-ring (bicyclic) bond motifs is 2. The molecule has 10 heteroatoms. The van der Waals surface area contributed by atoms with Crippen LogP contribution in [0.4, 0.5) is 35.0 Å². The number of alkyl halides is 3. The van der Waals surface area contributed by atoms with E-state index in [1.54, 1.807) is 47.5 Å². The SMILES string of the molecule is O=C(Nc1ccc2c(c1)N(Cc1ccccc1)C(=O)CS2)Nc1c[nH]c2ccc(-c3cccc(C(F)(F)F)c3)cc12. The second-order valence-electron chi connectivity index (χ2n) is 9.56. The maximum atomic E-state index is 13.2. The Labute approximate surface area is 237 Å². The van der Waals surface area contributed by atoms with Crippen molar-refractivity contribution in [1.82, 2.24) is 4.98 Å². The number of aromatic amines is 1. The molecule has 4 aromatic carbocycles. The molecule has 6 rings (SSSR count). The number of carbonyl (C=O) groups is 2. The van der Waals surface area contributed by atoms with E-state index in [9.17, 15) is 22.8 Å². The average Bonchev–Trinajstić information content (AvgIpc) is 3.36. The van der Waals surface area contributed by atoms with Crippen molar-refractivity contribution in [2.24, 2.45) is 0 Å². The number of rotatable bonds is 5. The summed E-state index contributed by atoms with van der Waals surface area (Å²) in [5.74, 6) is 0.333. The number of H-pyrrole nitrogens is 1. The van der Waals surface area contributed by atoms with Crippen molar-refractivity contribution >= 4 is 51.7 Å². The van der Waals surface area contributed by atoms with Gasteiger partial charge in [0.25, 0.3) is 0 Å². The third-order valence-corrected chi connectivity index (χ3v) is 7.84. The van der Waals surface area contributed by atoms with E-state index in [1.807, 2.05) is 36.4 Å². The minimum absolute atomic E-state index is 0.0108. The Morgan fingerprint density at radius 1 is 0.902 bits per heavy atom. The lowest BCUT2D eigenvalue weighted by Gasteiger charge is -2.29. The molecule has 5 aromatic rings. The summed E-state index contributed by atoms with van der Waals surface area (Å²) in [6.45, 7) is 0.423. The molecule has 0 saturated carbocycles. The molecule has 0 spiro atoms. The summed E-state index contributed by atoms with van der Waals surface area (Å²) >= 11 is 1.46. The molecule has 0 saturated heterocycles. The van der Waals surface area contributed by atoms with Crippen molar-refractivity contribution in [2.75, 3.05) is 21.3 Å². The van der Waals surface area contributed by atoms with E-state index in [-0.39, 0.29) is 5.91 Å². The molecular formula is C31H23F3N4O2S. The van der Waals surface area contributed by atoms with Crippen LogP contribution in [0.25, 0.3) is 22.0 Å². The quantitative estimate of drug-likeness (QED) is 0.199.